The molecule has 5 nitrogen and oxygen atoms in total. The van der Waals surface area contributed by atoms with E-state index in [0.29, 0.717) is 36.2 Å². The Morgan fingerprint density at radius 2 is 1.97 bits per heavy atom. The molecule has 0 bridgehead atoms. The van der Waals surface area contributed by atoms with Gasteiger partial charge in [0.1, 0.15) is 29.2 Å². The predicted octanol–water partition coefficient (Wildman–Crippen LogP) is 4.98. The average molecular weight is 429 g/mol. The van der Waals surface area contributed by atoms with Crippen molar-refractivity contribution in [2.45, 2.75) is 25.7 Å². The zero-order valence-electron chi connectivity index (χ0n) is 16.0. The van der Waals surface area contributed by atoms with Crippen molar-refractivity contribution in [3.8, 4) is 5.75 Å². The number of benzene rings is 2. The maximum Gasteiger partial charge on any atom is 0.273 e. The van der Waals surface area contributed by atoms with Gasteiger partial charge in [-0.05, 0) is 36.8 Å². The van der Waals surface area contributed by atoms with E-state index in [9.17, 15) is 4.79 Å². The summed E-state index contributed by atoms with van der Waals surface area (Å²) in [7, 11) is 0. The first kappa shape index (κ1) is 19.9. The third kappa shape index (κ3) is 4.96. The van der Waals surface area contributed by atoms with E-state index in [1.165, 1.54) is 11.3 Å². The van der Waals surface area contributed by atoms with Crippen molar-refractivity contribution in [3.05, 3.63) is 81.3 Å². The molecule has 0 radical (unpaired) electrons. The van der Waals surface area contributed by atoms with E-state index in [2.05, 4.69) is 4.98 Å². The lowest BCUT2D eigenvalue weighted by atomic mass is 10.1. The Hall–Kier alpha value is -2.41. The van der Waals surface area contributed by atoms with Gasteiger partial charge in [0.2, 0.25) is 0 Å². The Labute approximate surface area is 178 Å². The summed E-state index contributed by atoms with van der Waals surface area (Å²) in [6.45, 7) is 3.37. The van der Waals surface area contributed by atoms with Gasteiger partial charge in [-0.2, -0.15) is 0 Å². The molecule has 150 valence electrons. The van der Waals surface area contributed by atoms with Gasteiger partial charge in [-0.15, -0.1) is 11.3 Å². The summed E-state index contributed by atoms with van der Waals surface area (Å²) >= 11 is 7.30. The molecule has 7 heteroatoms. The summed E-state index contributed by atoms with van der Waals surface area (Å²) in [4.78, 5) is 19.3. The van der Waals surface area contributed by atoms with Gasteiger partial charge in [-0.25, -0.2) is 4.98 Å². The number of carbonyl (C=O) groups is 1. The molecule has 1 aliphatic rings. The molecule has 1 aromatic heterocycles. The van der Waals surface area contributed by atoms with Crippen LogP contribution in [0.4, 0.5) is 0 Å². The van der Waals surface area contributed by atoms with Crippen LogP contribution < -0.4 is 4.74 Å². The number of rotatable bonds is 5. The number of carbonyl (C=O) groups excluding carboxylic acids is 1. The SMILES string of the molecule is CC1CN(C(=O)c2csc(COc3ccc(Cl)cc3)n2)CC(c2ccccc2)O1. The van der Waals surface area contributed by atoms with Crippen molar-refractivity contribution >= 4 is 28.8 Å². The molecule has 4 rings (SSSR count). The number of nitrogens with zero attached hydrogens (tertiary/aromatic N) is 2. The second kappa shape index (κ2) is 8.95. The van der Waals surface area contributed by atoms with Crippen LogP contribution in [0.25, 0.3) is 0 Å². The smallest absolute Gasteiger partial charge is 0.273 e. The highest BCUT2D eigenvalue weighted by Gasteiger charge is 2.30. The zero-order valence-corrected chi connectivity index (χ0v) is 17.5. The molecular formula is C22H21ClN2O3S. The molecule has 2 heterocycles. The molecule has 2 atom stereocenters. The zero-order chi connectivity index (χ0) is 20.2. The molecule has 29 heavy (non-hydrogen) atoms. The Kier molecular flexibility index (Phi) is 6.13. The van der Waals surface area contributed by atoms with Gasteiger partial charge >= 0.3 is 0 Å². The van der Waals surface area contributed by atoms with Crippen molar-refractivity contribution < 1.29 is 14.3 Å². The van der Waals surface area contributed by atoms with Crippen molar-refractivity contribution in [1.29, 1.82) is 0 Å². The van der Waals surface area contributed by atoms with Crippen LogP contribution in [0, 0.1) is 0 Å². The van der Waals surface area contributed by atoms with Crippen LogP contribution in [-0.4, -0.2) is 35.0 Å². The average Bonchev–Trinajstić information content (AvgIpc) is 3.22. The maximum absolute atomic E-state index is 13.0. The van der Waals surface area contributed by atoms with Crippen molar-refractivity contribution in [2.75, 3.05) is 13.1 Å². The van der Waals surface area contributed by atoms with Gasteiger partial charge in [-0.1, -0.05) is 41.9 Å². The molecule has 1 amide bonds. The van der Waals surface area contributed by atoms with E-state index in [1.54, 1.807) is 29.6 Å². The fourth-order valence-corrected chi connectivity index (χ4v) is 4.09. The van der Waals surface area contributed by atoms with Crippen LogP contribution in [0.15, 0.2) is 60.0 Å². The minimum atomic E-state index is -0.129. The lowest BCUT2D eigenvalue weighted by Crippen LogP contribution is -2.46. The number of halogens is 1. The number of aromatic nitrogens is 1. The van der Waals surface area contributed by atoms with Gasteiger partial charge in [-0.3, -0.25) is 4.79 Å². The van der Waals surface area contributed by atoms with Crippen LogP contribution >= 0.6 is 22.9 Å². The van der Waals surface area contributed by atoms with E-state index >= 15 is 0 Å². The largest absolute Gasteiger partial charge is 0.486 e. The van der Waals surface area contributed by atoms with Gasteiger partial charge in [0.05, 0.1) is 12.6 Å². The standard InChI is InChI=1S/C22H21ClN2O3S/c1-15-11-25(12-20(28-15)16-5-3-2-4-6-16)22(26)19-14-29-21(24-19)13-27-18-9-7-17(23)8-10-18/h2-10,14-15,20H,11-13H2,1H3. The normalized spacial score (nSPS) is 19.2. The first-order valence-corrected chi connectivity index (χ1v) is 10.7. The first-order chi connectivity index (χ1) is 14.1. The molecule has 0 N–H and O–H groups in total. The predicted molar refractivity (Wildman–Crippen MR) is 114 cm³/mol. The van der Waals surface area contributed by atoms with E-state index in [0.717, 1.165) is 10.6 Å². The Balaban J connectivity index is 1.40. The van der Waals surface area contributed by atoms with E-state index in [1.807, 2.05) is 42.2 Å². The third-order valence-electron chi connectivity index (χ3n) is 4.67. The first-order valence-electron chi connectivity index (χ1n) is 9.41. The number of thiazole rings is 1. The molecule has 0 spiro atoms. The van der Waals surface area contributed by atoms with Crippen molar-refractivity contribution in [2.24, 2.45) is 0 Å². The van der Waals surface area contributed by atoms with Gasteiger partial charge < -0.3 is 14.4 Å². The number of hydrogen-bond donors (Lipinski definition) is 0. The summed E-state index contributed by atoms with van der Waals surface area (Å²) in [5, 5.41) is 3.21. The Morgan fingerprint density at radius 3 is 2.72 bits per heavy atom. The number of amides is 1. The highest BCUT2D eigenvalue weighted by molar-refractivity contribution is 7.09. The maximum atomic E-state index is 13.0. The second-order valence-corrected chi connectivity index (χ2v) is 8.30. The molecule has 2 aromatic carbocycles. The van der Waals surface area contributed by atoms with Crippen LogP contribution in [0.1, 0.15) is 34.1 Å². The fourth-order valence-electron chi connectivity index (χ4n) is 3.28. The molecule has 0 aliphatic carbocycles. The number of ether oxygens (including phenoxy) is 2. The van der Waals surface area contributed by atoms with Gasteiger partial charge in [0.25, 0.3) is 5.91 Å². The van der Waals surface area contributed by atoms with Gasteiger partial charge in [0, 0.05) is 16.9 Å². The quantitative estimate of drug-likeness (QED) is 0.575. The lowest BCUT2D eigenvalue weighted by molar-refractivity contribution is -0.0692. The molecule has 1 aliphatic heterocycles. The third-order valence-corrected chi connectivity index (χ3v) is 5.74. The number of hydrogen-bond acceptors (Lipinski definition) is 5. The number of morpholine rings is 1. The molecule has 1 fully saturated rings. The van der Waals surface area contributed by atoms with E-state index in [-0.39, 0.29) is 18.1 Å². The minimum absolute atomic E-state index is 0.0377. The lowest BCUT2D eigenvalue weighted by Gasteiger charge is -2.36. The monoisotopic (exact) mass is 428 g/mol. The minimum Gasteiger partial charge on any atom is -0.486 e. The molecule has 2 unspecified atom stereocenters. The van der Waals surface area contributed by atoms with Crippen LogP contribution in [0.2, 0.25) is 5.02 Å². The van der Waals surface area contributed by atoms with Crippen LogP contribution in [0.3, 0.4) is 0 Å². The van der Waals surface area contributed by atoms with Crippen LogP contribution in [0.5, 0.6) is 5.75 Å². The van der Waals surface area contributed by atoms with E-state index in [4.69, 9.17) is 21.1 Å². The molecule has 0 saturated carbocycles. The summed E-state index contributed by atoms with van der Waals surface area (Å²) in [6.07, 6.45) is -0.167. The van der Waals surface area contributed by atoms with Gasteiger partial charge in [0.15, 0.2) is 0 Å². The highest BCUT2D eigenvalue weighted by atomic mass is 35.5. The topological polar surface area (TPSA) is 51.7 Å². The molecule has 1 saturated heterocycles. The molecular weight excluding hydrogens is 408 g/mol. The summed E-state index contributed by atoms with van der Waals surface area (Å²) in [5.74, 6) is 0.639. The fraction of sp³-hybridized carbons (Fsp3) is 0.273. The summed E-state index contributed by atoms with van der Waals surface area (Å²) < 4.78 is 11.8. The summed E-state index contributed by atoms with van der Waals surface area (Å²) in [6, 6.07) is 17.2. The Morgan fingerprint density at radius 1 is 1.21 bits per heavy atom. The van der Waals surface area contributed by atoms with E-state index < -0.39 is 0 Å². The second-order valence-electron chi connectivity index (χ2n) is 6.93. The van der Waals surface area contributed by atoms with Crippen molar-refractivity contribution in [3.63, 3.8) is 0 Å². The van der Waals surface area contributed by atoms with Crippen molar-refractivity contribution in [1.82, 2.24) is 9.88 Å². The summed E-state index contributed by atoms with van der Waals surface area (Å²) in [5.41, 5.74) is 1.53. The molecule has 3 aromatic rings. The highest BCUT2D eigenvalue weighted by Crippen LogP contribution is 2.26. The van der Waals surface area contributed by atoms with Crippen LogP contribution in [-0.2, 0) is 11.3 Å². The Bertz CT molecular complexity index is 962.